The van der Waals surface area contributed by atoms with Gasteiger partial charge in [0.25, 0.3) is 5.56 Å². The maximum Gasteiger partial charge on any atom is 0.287 e. The van der Waals surface area contributed by atoms with Gasteiger partial charge in [-0.2, -0.15) is 16.4 Å². The Morgan fingerprint density at radius 3 is 2.95 bits per heavy atom. The number of nitrogens with one attached hydrogen (secondary N) is 1. The Bertz CT molecular complexity index is 607. The van der Waals surface area contributed by atoms with Crippen molar-refractivity contribution in [2.24, 2.45) is 5.92 Å². The Kier molecular flexibility index (Phi) is 5.20. The molecule has 0 aliphatic rings. The van der Waals surface area contributed by atoms with Crippen molar-refractivity contribution in [3.8, 4) is 0 Å². The first-order valence-corrected chi connectivity index (χ1v) is 7.90. The van der Waals surface area contributed by atoms with Crippen molar-refractivity contribution in [3.05, 3.63) is 44.0 Å². The van der Waals surface area contributed by atoms with Gasteiger partial charge in [0, 0.05) is 13.1 Å². The summed E-state index contributed by atoms with van der Waals surface area (Å²) in [6.45, 7) is 5.38. The topological polar surface area (TPSA) is 46.9 Å². The van der Waals surface area contributed by atoms with Crippen LogP contribution < -0.4 is 10.9 Å². The molecule has 0 bridgehead atoms. The number of hydrogen-bond acceptors (Lipinski definition) is 4. The van der Waals surface area contributed by atoms with E-state index in [4.69, 9.17) is 11.6 Å². The number of hydrogen-bond donors (Lipinski definition) is 1. The van der Waals surface area contributed by atoms with Gasteiger partial charge in [-0.25, -0.2) is 4.68 Å². The highest BCUT2D eigenvalue weighted by atomic mass is 35.5. The molecule has 4 nitrogen and oxygen atoms in total. The van der Waals surface area contributed by atoms with Crippen LogP contribution in [0.25, 0.3) is 0 Å². The molecule has 0 spiro atoms. The third-order valence-electron chi connectivity index (χ3n) is 2.83. The second-order valence-corrected chi connectivity index (χ2v) is 6.22. The predicted molar refractivity (Wildman–Crippen MR) is 84.9 cm³/mol. The average molecular weight is 312 g/mol. The lowest BCUT2D eigenvalue weighted by molar-refractivity contribution is 0.464. The maximum absolute atomic E-state index is 12.0. The molecule has 0 saturated heterocycles. The zero-order valence-corrected chi connectivity index (χ0v) is 13.2. The number of rotatable bonds is 6. The van der Waals surface area contributed by atoms with Gasteiger partial charge >= 0.3 is 0 Å². The Balaban J connectivity index is 2.02. The van der Waals surface area contributed by atoms with E-state index in [1.54, 1.807) is 17.5 Å². The van der Waals surface area contributed by atoms with Gasteiger partial charge in [-0.1, -0.05) is 25.4 Å². The number of halogens is 1. The molecule has 0 amide bonds. The van der Waals surface area contributed by atoms with Gasteiger partial charge in [0.15, 0.2) is 0 Å². The van der Waals surface area contributed by atoms with Crippen molar-refractivity contribution in [1.82, 2.24) is 9.78 Å². The summed E-state index contributed by atoms with van der Waals surface area (Å²) < 4.78 is 1.41. The molecule has 1 N–H and O–H groups in total. The molecule has 2 heterocycles. The van der Waals surface area contributed by atoms with Gasteiger partial charge in [0.1, 0.15) is 5.02 Å². The van der Waals surface area contributed by atoms with Crippen LogP contribution in [-0.4, -0.2) is 16.3 Å². The van der Waals surface area contributed by atoms with Gasteiger partial charge in [-0.3, -0.25) is 4.79 Å². The average Bonchev–Trinajstić information content (AvgIpc) is 2.90. The van der Waals surface area contributed by atoms with Crippen LogP contribution in [0, 0.1) is 5.92 Å². The molecular weight excluding hydrogens is 294 g/mol. The smallest absolute Gasteiger partial charge is 0.287 e. The van der Waals surface area contributed by atoms with Crippen LogP contribution in [-0.2, 0) is 13.0 Å². The zero-order valence-electron chi connectivity index (χ0n) is 11.6. The van der Waals surface area contributed by atoms with Crippen molar-refractivity contribution in [2.45, 2.75) is 26.8 Å². The summed E-state index contributed by atoms with van der Waals surface area (Å²) in [6, 6.07) is 2.09. The first-order valence-electron chi connectivity index (χ1n) is 6.58. The van der Waals surface area contributed by atoms with Crippen LogP contribution in [0.5, 0.6) is 0 Å². The minimum absolute atomic E-state index is 0.214. The van der Waals surface area contributed by atoms with E-state index in [0.717, 1.165) is 13.0 Å². The summed E-state index contributed by atoms with van der Waals surface area (Å²) in [5.74, 6) is 0.355. The molecule has 20 heavy (non-hydrogen) atoms. The quantitative estimate of drug-likeness (QED) is 0.890. The molecule has 2 aromatic heterocycles. The van der Waals surface area contributed by atoms with Crippen molar-refractivity contribution in [3.63, 3.8) is 0 Å². The molecule has 6 heteroatoms. The summed E-state index contributed by atoms with van der Waals surface area (Å²) in [6.07, 6.45) is 2.52. The fraction of sp³-hybridized carbons (Fsp3) is 0.429. The summed E-state index contributed by atoms with van der Waals surface area (Å²) in [5.41, 5.74) is 1.65. The van der Waals surface area contributed by atoms with Gasteiger partial charge in [0.2, 0.25) is 0 Å². The minimum Gasteiger partial charge on any atom is -0.382 e. The molecule has 0 aliphatic heterocycles. The lowest BCUT2D eigenvalue weighted by Crippen LogP contribution is -2.26. The highest BCUT2D eigenvalue weighted by molar-refractivity contribution is 7.07. The van der Waals surface area contributed by atoms with Crippen molar-refractivity contribution in [2.75, 3.05) is 11.9 Å². The van der Waals surface area contributed by atoms with E-state index in [1.807, 2.05) is 13.8 Å². The Labute approximate surface area is 127 Å². The van der Waals surface area contributed by atoms with E-state index in [2.05, 4.69) is 27.2 Å². The van der Waals surface area contributed by atoms with Gasteiger partial charge < -0.3 is 5.32 Å². The number of thiophene rings is 1. The molecule has 0 radical (unpaired) electrons. The normalized spacial score (nSPS) is 11.0. The first kappa shape index (κ1) is 15.1. The van der Waals surface area contributed by atoms with Crippen molar-refractivity contribution < 1.29 is 0 Å². The summed E-state index contributed by atoms with van der Waals surface area (Å²) in [4.78, 5) is 12.0. The molecule has 0 aromatic carbocycles. The first-order chi connectivity index (χ1) is 9.58. The SMILES string of the molecule is CC(C)Cn1ncc(NCCc2ccsc2)c(Cl)c1=O. The third kappa shape index (κ3) is 3.84. The molecule has 2 aromatic rings. The Morgan fingerprint density at radius 2 is 2.30 bits per heavy atom. The molecule has 0 atom stereocenters. The minimum atomic E-state index is -0.235. The monoisotopic (exact) mass is 311 g/mol. The fourth-order valence-electron chi connectivity index (χ4n) is 1.84. The van der Waals surface area contributed by atoms with E-state index >= 15 is 0 Å². The number of nitrogens with zero attached hydrogens (tertiary/aromatic N) is 2. The molecule has 0 unspecified atom stereocenters. The van der Waals surface area contributed by atoms with Crippen molar-refractivity contribution in [1.29, 1.82) is 0 Å². The summed E-state index contributed by atoms with van der Waals surface area (Å²) in [5, 5.41) is 11.7. The standard InChI is InChI=1S/C14H18ClN3OS/c1-10(2)8-18-14(19)13(15)12(7-17-18)16-5-3-11-4-6-20-9-11/h4,6-7,9-10,16H,3,5,8H2,1-2H3. The molecular formula is C14H18ClN3OS. The molecule has 0 fully saturated rings. The largest absolute Gasteiger partial charge is 0.382 e. The Hall–Kier alpha value is -1.33. The van der Waals surface area contributed by atoms with E-state index in [0.29, 0.717) is 18.2 Å². The Morgan fingerprint density at radius 1 is 1.50 bits per heavy atom. The van der Waals surface area contributed by atoms with Crippen LogP contribution in [0.3, 0.4) is 0 Å². The maximum atomic E-state index is 12.0. The summed E-state index contributed by atoms with van der Waals surface area (Å²) >= 11 is 7.79. The summed E-state index contributed by atoms with van der Waals surface area (Å²) in [7, 11) is 0. The molecule has 0 saturated carbocycles. The van der Waals surface area contributed by atoms with Crippen LogP contribution in [0.15, 0.2) is 27.8 Å². The van der Waals surface area contributed by atoms with Crippen LogP contribution in [0.2, 0.25) is 5.02 Å². The lowest BCUT2D eigenvalue weighted by Gasteiger charge is -2.11. The zero-order chi connectivity index (χ0) is 14.5. The van der Waals surface area contributed by atoms with E-state index in [-0.39, 0.29) is 10.6 Å². The second-order valence-electron chi connectivity index (χ2n) is 5.06. The molecule has 2 rings (SSSR count). The fourth-order valence-corrected chi connectivity index (χ4v) is 2.76. The number of anilines is 1. The van der Waals surface area contributed by atoms with E-state index in [1.165, 1.54) is 10.2 Å². The van der Waals surface area contributed by atoms with Gasteiger partial charge in [-0.15, -0.1) is 0 Å². The van der Waals surface area contributed by atoms with Crippen molar-refractivity contribution >= 4 is 28.6 Å². The number of aromatic nitrogens is 2. The predicted octanol–water partition coefficient (Wildman–Crippen LogP) is 3.27. The highest BCUT2D eigenvalue weighted by Gasteiger charge is 2.09. The highest BCUT2D eigenvalue weighted by Crippen LogP contribution is 2.16. The third-order valence-corrected chi connectivity index (χ3v) is 3.93. The van der Waals surface area contributed by atoms with Crippen LogP contribution >= 0.6 is 22.9 Å². The molecule has 0 aliphatic carbocycles. The van der Waals surface area contributed by atoms with E-state index in [9.17, 15) is 4.79 Å². The van der Waals surface area contributed by atoms with E-state index < -0.39 is 0 Å². The molecule has 108 valence electrons. The van der Waals surface area contributed by atoms with Gasteiger partial charge in [0.05, 0.1) is 11.9 Å². The van der Waals surface area contributed by atoms with Crippen LogP contribution in [0.4, 0.5) is 5.69 Å². The van der Waals surface area contributed by atoms with Crippen LogP contribution in [0.1, 0.15) is 19.4 Å². The lowest BCUT2D eigenvalue weighted by atomic mass is 10.2. The second kappa shape index (κ2) is 6.90. The van der Waals surface area contributed by atoms with Gasteiger partial charge in [-0.05, 0) is 34.7 Å².